The van der Waals surface area contributed by atoms with E-state index in [1.165, 1.54) is 12.4 Å². The summed E-state index contributed by atoms with van der Waals surface area (Å²) in [6.45, 7) is 12.8. The van der Waals surface area contributed by atoms with E-state index in [1.807, 2.05) is 39.8 Å². The largest absolute Gasteiger partial charge is 0.490 e. The topological polar surface area (TPSA) is 192 Å². The third kappa shape index (κ3) is 14.9. The molecular formula is C31H42BBr2N7O5. The molecule has 15 heteroatoms. The Morgan fingerprint density at radius 1 is 0.848 bits per heavy atom. The normalized spacial score (nSPS) is 15.2. The predicted octanol–water partition coefficient (Wildman–Crippen LogP) is 3.78. The Bertz CT molecular complexity index is 1520. The molecule has 0 fully saturated rings. The van der Waals surface area contributed by atoms with E-state index in [2.05, 4.69) is 56.8 Å². The van der Waals surface area contributed by atoms with Gasteiger partial charge in [-0.05, 0) is 91.6 Å². The fraction of sp³-hybridized carbons (Fsp3) is 0.419. The fourth-order valence-electron chi connectivity index (χ4n) is 3.18. The zero-order valence-electron chi connectivity index (χ0n) is 26.1. The second-order valence-corrected chi connectivity index (χ2v) is 13.8. The monoisotopic (exact) mass is 761 g/mol. The number of aliphatic imine (C=N–C) groups is 2. The fourth-order valence-corrected chi connectivity index (χ4v) is 3.91. The Morgan fingerprint density at radius 3 is 1.63 bits per heavy atom. The summed E-state index contributed by atoms with van der Waals surface area (Å²) >= 11 is 6.55. The highest BCUT2D eigenvalue weighted by Gasteiger charge is 2.28. The van der Waals surface area contributed by atoms with Crippen molar-refractivity contribution in [3.05, 3.63) is 81.0 Å². The number of aromatic nitrogens is 3. The van der Waals surface area contributed by atoms with Crippen molar-refractivity contribution in [1.29, 1.82) is 5.26 Å². The summed E-state index contributed by atoms with van der Waals surface area (Å²) in [6, 6.07) is 7.25. The number of aliphatic hydroxyl groups excluding tert-OH is 1. The van der Waals surface area contributed by atoms with Gasteiger partial charge in [-0.1, -0.05) is 7.43 Å². The number of nitrogens with zero attached hydrogens (tertiary/aromatic N) is 6. The van der Waals surface area contributed by atoms with Crippen LogP contribution in [0, 0.1) is 11.3 Å². The molecule has 0 saturated carbocycles. The molecular weight excluding hydrogens is 721 g/mol. The minimum atomic E-state index is -1.53. The SMILES string of the molecule is C.CC(C)(N)CO.CC1(C)COC(c2cncc(B(O)O)c2)=N1.CC1(C)COC(c2cncc(Br)c2)=N1.N#Cc1cncc(Br)c1. The van der Waals surface area contributed by atoms with Crippen molar-refractivity contribution in [1.82, 2.24) is 15.0 Å². The molecule has 2 aliphatic heterocycles. The van der Waals surface area contributed by atoms with Gasteiger partial charge in [-0.3, -0.25) is 15.0 Å². The second kappa shape index (κ2) is 18.2. The molecule has 5 N–H and O–H groups in total. The average molecular weight is 763 g/mol. The van der Waals surface area contributed by atoms with Crippen molar-refractivity contribution in [3.63, 3.8) is 0 Å². The van der Waals surface area contributed by atoms with Gasteiger partial charge in [0.15, 0.2) is 0 Å². The van der Waals surface area contributed by atoms with E-state index in [-0.39, 0.29) is 25.1 Å². The van der Waals surface area contributed by atoms with Crippen molar-refractivity contribution < 1.29 is 24.6 Å². The van der Waals surface area contributed by atoms with Crippen LogP contribution in [-0.4, -0.2) is 85.5 Å². The summed E-state index contributed by atoms with van der Waals surface area (Å²) in [4.78, 5) is 20.6. The van der Waals surface area contributed by atoms with Crippen molar-refractivity contribution in [2.24, 2.45) is 15.7 Å². The quantitative estimate of drug-likeness (QED) is 0.285. The predicted molar refractivity (Wildman–Crippen MR) is 188 cm³/mol. The minimum Gasteiger partial charge on any atom is -0.475 e. The Hall–Kier alpha value is -3.26. The minimum absolute atomic E-state index is 0. The molecule has 0 unspecified atom stereocenters. The van der Waals surface area contributed by atoms with Crippen LogP contribution in [0.1, 0.15) is 65.7 Å². The lowest BCUT2D eigenvalue weighted by molar-refractivity contribution is 0.221. The summed E-state index contributed by atoms with van der Waals surface area (Å²) in [5.74, 6) is 1.18. The molecule has 5 heterocycles. The van der Waals surface area contributed by atoms with Gasteiger partial charge in [0, 0.05) is 57.1 Å². The molecule has 0 saturated heterocycles. The van der Waals surface area contributed by atoms with E-state index in [0.717, 1.165) is 14.5 Å². The highest BCUT2D eigenvalue weighted by Crippen LogP contribution is 2.22. The number of nitriles is 1. The first kappa shape index (κ1) is 40.8. The van der Waals surface area contributed by atoms with Crippen molar-refractivity contribution >= 4 is 56.2 Å². The van der Waals surface area contributed by atoms with E-state index in [9.17, 15) is 0 Å². The molecule has 3 aromatic heterocycles. The molecule has 248 valence electrons. The molecule has 0 atom stereocenters. The van der Waals surface area contributed by atoms with E-state index in [1.54, 1.807) is 50.8 Å². The van der Waals surface area contributed by atoms with Gasteiger partial charge in [0.05, 0.1) is 34.4 Å². The Kier molecular flexibility index (Phi) is 16.1. The smallest absolute Gasteiger partial charge is 0.475 e. The van der Waals surface area contributed by atoms with Crippen LogP contribution in [0.25, 0.3) is 0 Å². The summed E-state index contributed by atoms with van der Waals surface area (Å²) in [6.07, 6.45) is 9.64. The van der Waals surface area contributed by atoms with Crippen LogP contribution in [0.2, 0.25) is 0 Å². The molecule has 2 aliphatic rings. The molecule has 3 aromatic rings. The summed E-state index contributed by atoms with van der Waals surface area (Å²) < 4.78 is 12.7. The number of aliphatic hydroxyl groups is 1. The molecule has 12 nitrogen and oxygen atoms in total. The summed E-state index contributed by atoms with van der Waals surface area (Å²) in [5, 5.41) is 34.7. The third-order valence-electron chi connectivity index (χ3n) is 5.43. The van der Waals surface area contributed by atoms with Gasteiger partial charge < -0.3 is 30.4 Å². The molecule has 0 radical (unpaired) electrons. The molecule has 0 bridgehead atoms. The lowest BCUT2D eigenvalue weighted by Crippen LogP contribution is -2.35. The van der Waals surface area contributed by atoms with Gasteiger partial charge in [0.25, 0.3) is 0 Å². The molecule has 5 rings (SSSR count). The highest BCUT2D eigenvalue weighted by atomic mass is 79.9. The van der Waals surface area contributed by atoms with Gasteiger partial charge in [-0.15, -0.1) is 0 Å². The van der Waals surface area contributed by atoms with Crippen LogP contribution < -0.4 is 11.2 Å². The molecule has 0 aromatic carbocycles. The third-order valence-corrected chi connectivity index (χ3v) is 6.30. The first-order chi connectivity index (χ1) is 20.9. The van der Waals surface area contributed by atoms with Crippen LogP contribution in [0.4, 0.5) is 0 Å². The lowest BCUT2D eigenvalue weighted by atomic mass is 9.81. The standard InChI is InChI=1S/C10H13BN2O3.C10H11BrN2O.C6H3BrN2.C4H11NO.CH4/c1-10(2)6-16-9(13-10)7-3-8(11(14)15)5-12-4-7;1-10(2)6-14-9(13-10)7-3-8(11)5-12-4-7;7-6-1-5(2-8)3-9-4-6;1-4(2,5)3-6;/h3-5,14-15H,6H2,1-2H3;3-5H,6H2,1-2H3;1,3-4H;6H,3,5H2,1-2H3;1H4. The summed E-state index contributed by atoms with van der Waals surface area (Å²) in [7, 11) is -1.53. The van der Waals surface area contributed by atoms with E-state index in [0.29, 0.717) is 41.6 Å². The molecule has 0 spiro atoms. The van der Waals surface area contributed by atoms with Crippen LogP contribution in [-0.2, 0) is 9.47 Å². The lowest BCUT2D eigenvalue weighted by Gasteiger charge is -2.12. The Balaban J connectivity index is 0.000000323. The van der Waals surface area contributed by atoms with Gasteiger partial charge in [-0.2, -0.15) is 5.26 Å². The van der Waals surface area contributed by atoms with Crippen molar-refractivity contribution in [2.45, 2.75) is 65.6 Å². The second-order valence-electron chi connectivity index (χ2n) is 12.0. The maximum atomic E-state index is 9.03. The number of nitrogens with two attached hydrogens (primary N) is 1. The zero-order valence-corrected chi connectivity index (χ0v) is 29.2. The number of hydrogen-bond donors (Lipinski definition) is 4. The van der Waals surface area contributed by atoms with Gasteiger partial charge in [0.1, 0.15) is 19.3 Å². The van der Waals surface area contributed by atoms with E-state index >= 15 is 0 Å². The highest BCUT2D eigenvalue weighted by molar-refractivity contribution is 9.10. The van der Waals surface area contributed by atoms with Crippen LogP contribution in [0.5, 0.6) is 0 Å². The molecule has 0 amide bonds. The number of halogens is 2. The summed E-state index contributed by atoms with van der Waals surface area (Å²) in [5.41, 5.74) is 7.02. The van der Waals surface area contributed by atoms with Crippen LogP contribution in [0.3, 0.4) is 0 Å². The first-order valence-electron chi connectivity index (χ1n) is 13.7. The zero-order chi connectivity index (χ0) is 33.8. The van der Waals surface area contributed by atoms with E-state index < -0.39 is 12.7 Å². The Labute approximate surface area is 288 Å². The van der Waals surface area contributed by atoms with Crippen molar-refractivity contribution in [3.8, 4) is 6.07 Å². The number of rotatable bonds is 4. The Morgan fingerprint density at radius 2 is 1.28 bits per heavy atom. The van der Waals surface area contributed by atoms with Gasteiger partial charge in [0.2, 0.25) is 11.8 Å². The molecule has 46 heavy (non-hydrogen) atoms. The first-order valence-corrected chi connectivity index (χ1v) is 15.3. The molecule has 0 aliphatic carbocycles. The average Bonchev–Trinajstić information content (AvgIpc) is 3.54. The number of ether oxygens (including phenoxy) is 2. The van der Waals surface area contributed by atoms with Gasteiger partial charge >= 0.3 is 7.12 Å². The van der Waals surface area contributed by atoms with Crippen LogP contribution >= 0.6 is 31.9 Å². The van der Waals surface area contributed by atoms with Crippen molar-refractivity contribution in [2.75, 3.05) is 19.8 Å². The number of hydrogen-bond acceptors (Lipinski definition) is 12. The van der Waals surface area contributed by atoms with Crippen LogP contribution in [0.15, 0.2) is 74.3 Å². The maximum Gasteiger partial charge on any atom is 0.490 e. The number of pyridine rings is 3. The maximum absolute atomic E-state index is 9.03. The van der Waals surface area contributed by atoms with Gasteiger partial charge in [-0.25, -0.2) is 9.98 Å². The van der Waals surface area contributed by atoms with E-state index in [4.69, 9.17) is 35.6 Å².